The SMILES string of the molecule is COc1ccccc1/[N+]([O-])=[N+](\[O-])c1ccccc1OC. The average Bonchev–Trinajstić information content (AvgIpc) is 2.53. The summed E-state index contributed by atoms with van der Waals surface area (Å²) in [7, 11) is 2.87. The van der Waals surface area contributed by atoms with Crippen LogP contribution in [0.4, 0.5) is 11.4 Å². The van der Waals surface area contributed by atoms with E-state index in [9.17, 15) is 10.4 Å². The van der Waals surface area contributed by atoms with Gasteiger partial charge in [-0.25, -0.2) is 0 Å². The summed E-state index contributed by atoms with van der Waals surface area (Å²) in [6.07, 6.45) is 0. The van der Waals surface area contributed by atoms with Gasteiger partial charge in [0.2, 0.25) is 0 Å². The van der Waals surface area contributed by atoms with Gasteiger partial charge in [-0.05, 0) is 12.1 Å². The van der Waals surface area contributed by atoms with Gasteiger partial charge >= 0.3 is 11.4 Å². The molecule has 0 radical (unpaired) electrons. The Bertz CT molecular complexity index is 585. The molecule has 0 spiro atoms. The molecule has 2 rings (SSSR count). The van der Waals surface area contributed by atoms with Crippen LogP contribution in [0.1, 0.15) is 0 Å². The molecule has 0 aliphatic heterocycles. The van der Waals surface area contributed by atoms with E-state index in [0.29, 0.717) is 11.5 Å². The first-order chi connectivity index (χ1) is 9.69. The molecule has 0 heterocycles. The van der Waals surface area contributed by atoms with Crippen LogP contribution in [0.2, 0.25) is 0 Å². The van der Waals surface area contributed by atoms with Gasteiger partial charge in [0, 0.05) is 12.1 Å². The van der Waals surface area contributed by atoms with Crippen LogP contribution in [-0.4, -0.2) is 23.9 Å². The summed E-state index contributed by atoms with van der Waals surface area (Å²) in [6, 6.07) is 13.0. The summed E-state index contributed by atoms with van der Waals surface area (Å²) in [5, 5.41) is 24.4. The van der Waals surface area contributed by atoms with Crippen molar-refractivity contribution in [2.24, 2.45) is 0 Å². The maximum atomic E-state index is 12.2. The number of rotatable bonds is 4. The van der Waals surface area contributed by atoms with E-state index in [1.165, 1.54) is 26.4 Å². The minimum Gasteiger partial charge on any atom is -0.561 e. The second kappa shape index (κ2) is 5.92. The summed E-state index contributed by atoms with van der Waals surface area (Å²) < 4.78 is 10.1. The van der Waals surface area contributed by atoms with Crippen molar-refractivity contribution >= 4 is 11.4 Å². The van der Waals surface area contributed by atoms with Crippen LogP contribution < -0.4 is 9.47 Å². The van der Waals surface area contributed by atoms with E-state index < -0.39 is 0 Å². The number of benzene rings is 2. The molecule has 20 heavy (non-hydrogen) atoms. The van der Waals surface area contributed by atoms with Gasteiger partial charge in [-0.1, -0.05) is 24.3 Å². The molecule has 104 valence electrons. The fraction of sp³-hybridized carbons (Fsp3) is 0.143. The van der Waals surface area contributed by atoms with E-state index in [-0.39, 0.29) is 21.1 Å². The molecule has 0 aromatic heterocycles. The van der Waals surface area contributed by atoms with Gasteiger partial charge in [-0.15, -0.1) is 0 Å². The zero-order valence-electron chi connectivity index (χ0n) is 11.1. The molecule has 6 heteroatoms. The van der Waals surface area contributed by atoms with E-state index in [4.69, 9.17) is 9.47 Å². The average molecular weight is 274 g/mol. The van der Waals surface area contributed by atoms with Crippen LogP contribution >= 0.6 is 0 Å². The maximum absolute atomic E-state index is 12.2. The van der Waals surface area contributed by atoms with Crippen molar-refractivity contribution in [1.29, 1.82) is 0 Å². The second-order valence-corrected chi connectivity index (χ2v) is 3.89. The fourth-order valence-electron chi connectivity index (χ4n) is 1.77. The largest absolute Gasteiger partial charge is 0.561 e. The molecular formula is C14H14N2O4. The van der Waals surface area contributed by atoms with Crippen molar-refractivity contribution in [1.82, 2.24) is 0 Å². The maximum Gasteiger partial charge on any atom is 0.329 e. The van der Waals surface area contributed by atoms with Crippen molar-refractivity contribution in [3.63, 3.8) is 0 Å². The smallest absolute Gasteiger partial charge is 0.329 e. The van der Waals surface area contributed by atoms with Crippen LogP contribution in [-0.2, 0) is 0 Å². The Labute approximate surface area is 116 Å². The third-order valence-corrected chi connectivity index (χ3v) is 2.75. The zero-order chi connectivity index (χ0) is 14.5. The Morgan fingerprint density at radius 1 is 0.700 bits per heavy atom. The minimum absolute atomic E-state index is 0.121. The molecule has 2 aromatic rings. The number of ether oxygens (including phenoxy) is 2. The standard InChI is InChI=1S/C14H14N2O4/c1-19-13-9-5-3-7-11(13)15(17)16(18)12-8-4-6-10-14(12)20-2/h3-10H,1-2H3/b16-15+. The monoisotopic (exact) mass is 274 g/mol. The molecule has 0 N–H and O–H groups in total. The number of para-hydroxylation sites is 4. The van der Waals surface area contributed by atoms with Crippen molar-refractivity contribution in [2.45, 2.75) is 0 Å². The lowest BCUT2D eigenvalue weighted by Crippen LogP contribution is -2.10. The second-order valence-electron chi connectivity index (χ2n) is 3.89. The highest BCUT2D eigenvalue weighted by molar-refractivity contribution is 5.47. The highest BCUT2D eigenvalue weighted by Crippen LogP contribution is 2.30. The summed E-state index contributed by atoms with van der Waals surface area (Å²) in [5.74, 6) is 0.636. The van der Waals surface area contributed by atoms with Crippen LogP contribution in [0.3, 0.4) is 0 Å². The third kappa shape index (κ3) is 2.49. The normalized spacial score (nSPS) is 11.7. The number of hydrogen-bond acceptors (Lipinski definition) is 4. The highest BCUT2D eigenvalue weighted by atomic mass is 16.6. The first-order valence-electron chi connectivity index (χ1n) is 5.89. The lowest BCUT2D eigenvalue weighted by Gasteiger charge is -2.07. The first kappa shape index (κ1) is 13.7. The van der Waals surface area contributed by atoms with Crippen LogP contribution in [0.25, 0.3) is 0 Å². The summed E-state index contributed by atoms with van der Waals surface area (Å²) >= 11 is 0. The van der Waals surface area contributed by atoms with E-state index in [1.54, 1.807) is 36.4 Å². The predicted molar refractivity (Wildman–Crippen MR) is 72.6 cm³/mol. The van der Waals surface area contributed by atoms with Gasteiger partial charge in [0.1, 0.15) is 0 Å². The van der Waals surface area contributed by atoms with Crippen molar-refractivity contribution in [3.05, 3.63) is 58.9 Å². The topological polar surface area (TPSA) is 70.6 Å². The molecule has 2 aromatic carbocycles. The van der Waals surface area contributed by atoms with Gasteiger partial charge in [0.25, 0.3) is 0 Å². The fourth-order valence-corrected chi connectivity index (χ4v) is 1.77. The van der Waals surface area contributed by atoms with Gasteiger partial charge in [0.05, 0.1) is 23.9 Å². The number of azo groups is 1. The Hall–Kier alpha value is -2.76. The summed E-state index contributed by atoms with van der Waals surface area (Å²) in [5.41, 5.74) is 0.242. The van der Waals surface area contributed by atoms with Crippen molar-refractivity contribution in [3.8, 4) is 11.5 Å². The van der Waals surface area contributed by atoms with Crippen molar-refractivity contribution in [2.75, 3.05) is 14.2 Å². The molecular weight excluding hydrogens is 260 g/mol. The lowest BCUT2D eigenvalue weighted by molar-refractivity contribution is -0.896. The minimum atomic E-state index is 0.121. The predicted octanol–water partition coefficient (Wildman–Crippen LogP) is 3.14. The van der Waals surface area contributed by atoms with Gasteiger partial charge < -0.3 is 19.9 Å². The molecule has 0 unspecified atom stereocenters. The molecule has 0 aliphatic rings. The van der Waals surface area contributed by atoms with E-state index >= 15 is 0 Å². The molecule has 6 nitrogen and oxygen atoms in total. The first-order valence-corrected chi connectivity index (χ1v) is 5.89. The quantitative estimate of drug-likeness (QED) is 0.488. The van der Waals surface area contributed by atoms with Gasteiger partial charge in [-0.3, -0.25) is 0 Å². The van der Waals surface area contributed by atoms with Crippen LogP contribution in [0, 0.1) is 10.4 Å². The number of nitrogens with zero attached hydrogens (tertiary/aromatic N) is 2. The van der Waals surface area contributed by atoms with E-state index in [2.05, 4.69) is 0 Å². The number of hydrogen-bond donors (Lipinski definition) is 0. The molecule has 0 saturated heterocycles. The molecule has 0 fully saturated rings. The Kier molecular flexibility index (Phi) is 4.05. The Morgan fingerprint density at radius 2 is 1.05 bits per heavy atom. The number of methoxy groups -OCH3 is 2. The molecule has 0 aliphatic carbocycles. The molecule has 0 bridgehead atoms. The van der Waals surface area contributed by atoms with E-state index in [1.807, 2.05) is 0 Å². The molecule has 0 atom stereocenters. The van der Waals surface area contributed by atoms with Gasteiger partial charge in [-0.2, -0.15) is 0 Å². The summed E-state index contributed by atoms with van der Waals surface area (Å²) in [6.45, 7) is 0. The summed E-state index contributed by atoms with van der Waals surface area (Å²) in [4.78, 5) is 0.438. The third-order valence-electron chi connectivity index (χ3n) is 2.75. The van der Waals surface area contributed by atoms with Crippen LogP contribution in [0.5, 0.6) is 11.5 Å². The Balaban J connectivity index is 2.56. The van der Waals surface area contributed by atoms with Crippen LogP contribution in [0.15, 0.2) is 48.5 Å². The highest BCUT2D eigenvalue weighted by Gasteiger charge is 2.23. The van der Waals surface area contributed by atoms with E-state index in [0.717, 1.165) is 0 Å². The van der Waals surface area contributed by atoms with Crippen molar-refractivity contribution < 1.29 is 19.2 Å². The molecule has 0 saturated carbocycles. The Morgan fingerprint density at radius 3 is 1.40 bits per heavy atom. The molecule has 0 amide bonds. The zero-order valence-corrected chi connectivity index (χ0v) is 11.1. The van der Waals surface area contributed by atoms with Gasteiger partial charge in [0.15, 0.2) is 11.5 Å². The lowest BCUT2D eigenvalue weighted by atomic mass is 10.3.